The molecule has 1 saturated heterocycles. The zero-order chi connectivity index (χ0) is 12.4. The standard InChI is InChI=1S/C14H16BrN3/c15-12-5-3-10(4-6-12)13-8-14(18-17-13)11-2-1-7-16-9-11/h3-6,8,11,16H,1-2,7,9H2,(H,17,18). The van der Waals surface area contributed by atoms with Gasteiger partial charge in [0, 0.05) is 28.2 Å². The van der Waals surface area contributed by atoms with E-state index >= 15 is 0 Å². The lowest BCUT2D eigenvalue weighted by molar-refractivity contribution is 0.454. The molecule has 18 heavy (non-hydrogen) atoms. The Hall–Kier alpha value is -1.13. The van der Waals surface area contributed by atoms with Crippen LogP contribution in [0.25, 0.3) is 11.3 Å². The van der Waals surface area contributed by atoms with E-state index in [4.69, 9.17) is 0 Å². The van der Waals surface area contributed by atoms with Gasteiger partial charge in [0.15, 0.2) is 0 Å². The Morgan fingerprint density at radius 2 is 2.06 bits per heavy atom. The van der Waals surface area contributed by atoms with E-state index in [0.717, 1.165) is 28.8 Å². The minimum absolute atomic E-state index is 0.579. The molecule has 0 aliphatic carbocycles. The summed E-state index contributed by atoms with van der Waals surface area (Å²) in [7, 11) is 0. The summed E-state index contributed by atoms with van der Waals surface area (Å²) < 4.78 is 1.10. The van der Waals surface area contributed by atoms with Crippen LogP contribution in [0.3, 0.4) is 0 Å². The van der Waals surface area contributed by atoms with E-state index in [1.807, 2.05) is 12.1 Å². The molecule has 1 fully saturated rings. The molecule has 0 bridgehead atoms. The third kappa shape index (κ3) is 2.49. The Labute approximate surface area is 115 Å². The van der Waals surface area contributed by atoms with Gasteiger partial charge in [0.1, 0.15) is 0 Å². The van der Waals surface area contributed by atoms with Crippen LogP contribution in [-0.2, 0) is 0 Å². The first kappa shape index (κ1) is 11.9. The summed E-state index contributed by atoms with van der Waals surface area (Å²) in [5, 5.41) is 11.0. The number of H-pyrrole nitrogens is 1. The van der Waals surface area contributed by atoms with E-state index < -0.39 is 0 Å². The zero-order valence-corrected chi connectivity index (χ0v) is 11.7. The van der Waals surface area contributed by atoms with Crippen molar-refractivity contribution in [1.29, 1.82) is 0 Å². The molecule has 2 heterocycles. The van der Waals surface area contributed by atoms with Gasteiger partial charge in [-0.05, 0) is 37.6 Å². The maximum atomic E-state index is 4.42. The van der Waals surface area contributed by atoms with Gasteiger partial charge in [-0.25, -0.2) is 0 Å². The maximum absolute atomic E-state index is 4.42. The number of nitrogens with one attached hydrogen (secondary N) is 2. The lowest BCUT2D eigenvalue weighted by Gasteiger charge is -2.21. The molecular weight excluding hydrogens is 290 g/mol. The lowest BCUT2D eigenvalue weighted by Crippen LogP contribution is -2.28. The van der Waals surface area contributed by atoms with Gasteiger partial charge in [0.2, 0.25) is 0 Å². The van der Waals surface area contributed by atoms with Crippen LogP contribution in [0.4, 0.5) is 0 Å². The minimum Gasteiger partial charge on any atom is -0.316 e. The van der Waals surface area contributed by atoms with E-state index in [9.17, 15) is 0 Å². The van der Waals surface area contributed by atoms with Gasteiger partial charge in [-0.15, -0.1) is 0 Å². The molecule has 1 unspecified atom stereocenters. The van der Waals surface area contributed by atoms with Crippen LogP contribution in [0.2, 0.25) is 0 Å². The lowest BCUT2D eigenvalue weighted by atomic mass is 9.96. The Morgan fingerprint density at radius 1 is 1.22 bits per heavy atom. The van der Waals surface area contributed by atoms with E-state index in [1.165, 1.54) is 18.5 Å². The second-order valence-electron chi connectivity index (χ2n) is 4.76. The van der Waals surface area contributed by atoms with Gasteiger partial charge in [-0.1, -0.05) is 28.1 Å². The molecule has 0 radical (unpaired) electrons. The van der Waals surface area contributed by atoms with Crippen molar-refractivity contribution in [2.45, 2.75) is 18.8 Å². The number of piperidine rings is 1. The molecule has 94 valence electrons. The van der Waals surface area contributed by atoms with Crippen LogP contribution in [-0.4, -0.2) is 23.3 Å². The number of rotatable bonds is 2. The van der Waals surface area contributed by atoms with Crippen LogP contribution in [0.1, 0.15) is 24.5 Å². The monoisotopic (exact) mass is 305 g/mol. The maximum Gasteiger partial charge on any atom is 0.0923 e. The summed E-state index contributed by atoms with van der Waals surface area (Å²) in [6.07, 6.45) is 2.49. The van der Waals surface area contributed by atoms with Crippen molar-refractivity contribution in [3.63, 3.8) is 0 Å². The molecule has 3 rings (SSSR count). The second-order valence-corrected chi connectivity index (χ2v) is 5.67. The van der Waals surface area contributed by atoms with Crippen LogP contribution >= 0.6 is 15.9 Å². The van der Waals surface area contributed by atoms with Crippen molar-refractivity contribution in [2.24, 2.45) is 0 Å². The fourth-order valence-corrected chi connectivity index (χ4v) is 2.70. The third-order valence-corrected chi connectivity index (χ3v) is 4.00. The second kappa shape index (κ2) is 5.24. The molecule has 2 N–H and O–H groups in total. The van der Waals surface area contributed by atoms with Gasteiger partial charge in [0.05, 0.1) is 5.69 Å². The molecular formula is C14H16BrN3. The fourth-order valence-electron chi connectivity index (χ4n) is 2.43. The van der Waals surface area contributed by atoms with E-state index in [2.05, 4.69) is 49.6 Å². The molecule has 4 heteroatoms. The molecule has 3 nitrogen and oxygen atoms in total. The first-order valence-electron chi connectivity index (χ1n) is 6.35. The highest BCUT2D eigenvalue weighted by Gasteiger charge is 2.17. The largest absolute Gasteiger partial charge is 0.316 e. The van der Waals surface area contributed by atoms with E-state index in [-0.39, 0.29) is 0 Å². The summed E-state index contributed by atoms with van der Waals surface area (Å²) >= 11 is 3.45. The first-order chi connectivity index (χ1) is 8.83. The average Bonchev–Trinajstić information content (AvgIpc) is 2.90. The van der Waals surface area contributed by atoms with Gasteiger partial charge < -0.3 is 5.32 Å². The Morgan fingerprint density at radius 3 is 2.78 bits per heavy atom. The van der Waals surface area contributed by atoms with Gasteiger partial charge >= 0.3 is 0 Å². The molecule has 1 aliphatic rings. The van der Waals surface area contributed by atoms with Gasteiger partial charge in [0.25, 0.3) is 0 Å². The highest BCUT2D eigenvalue weighted by Crippen LogP contribution is 2.26. The van der Waals surface area contributed by atoms with Crippen LogP contribution in [0.15, 0.2) is 34.8 Å². The molecule has 1 aliphatic heterocycles. The predicted molar refractivity (Wildman–Crippen MR) is 76.6 cm³/mol. The highest BCUT2D eigenvalue weighted by molar-refractivity contribution is 9.10. The molecule has 1 aromatic carbocycles. The number of hydrogen-bond donors (Lipinski definition) is 2. The molecule has 0 spiro atoms. The minimum atomic E-state index is 0.579. The third-order valence-electron chi connectivity index (χ3n) is 3.47. The number of nitrogens with zero attached hydrogens (tertiary/aromatic N) is 1. The SMILES string of the molecule is Brc1ccc(-c2cc(C3CCCNC3)[nH]n2)cc1. The van der Waals surface area contributed by atoms with Crippen LogP contribution in [0, 0.1) is 0 Å². The quantitative estimate of drug-likeness (QED) is 0.894. The summed E-state index contributed by atoms with van der Waals surface area (Å²) in [5.74, 6) is 0.579. The van der Waals surface area contributed by atoms with Crippen molar-refractivity contribution >= 4 is 15.9 Å². The summed E-state index contributed by atoms with van der Waals surface area (Å²) in [6.45, 7) is 2.20. The van der Waals surface area contributed by atoms with Crippen molar-refractivity contribution in [3.05, 3.63) is 40.5 Å². The Bertz CT molecular complexity index is 512. The number of hydrogen-bond acceptors (Lipinski definition) is 2. The van der Waals surface area contributed by atoms with Crippen LogP contribution < -0.4 is 5.32 Å². The fraction of sp³-hybridized carbons (Fsp3) is 0.357. The number of benzene rings is 1. The topological polar surface area (TPSA) is 40.7 Å². The number of halogens is 1. The summed E-state index contributed by atoms with van der Waals surface area (Å²) in [4.78, 5) is 0. The molecule has 0 saturated carbocycles. The van der Waals surface area contributed by atoms with Crippen molar-refractivity contribution in [1.82, 2.24) is 15.5 Å². The normalized spacial score (nSPS) is 19.9. The first-order valence-corrected chi connectivity index (χ1v) is 7.14. The smallest absolute Gasteiger partial charge is 0.0923 e. The number of aromatic nitrogens is 2. The Kier molecular flexibility index (Phi) is 3.48. The molecule has 2 aromatic rings. The average molecular weight is 306 g/mol. The predicted octanol–water partition coefficient (Wildman–Crippen LogP) is 3.31. The molecule has 1 atom stereocenters. The summed E-state index contributed by atoms with van der Waals surface area (Å²) in [5.41, 5.74) is 3.44. The highest BCUT2D eigenvalue weighted by atomic mass is 79.9. The van der Waals surface area contributed by atoms with E-state index in [0.29, 0.717) is 5.92 Å². The number of aromatic amines is 1. The van der Waals surface area contributed by atoms with Gasteiger partial charge in [-0.2, -0.15) is 5.10 Å². The zero-order valence-electron chi connectivity index (χ0n) is 10.1. The Balaban J connectivity index is 1.82. The van der Waals surface area contributed by atoms with Crippen molar-refractivity contribution in [2.75, 3.05) is 13.1 Å². The van der Waals surface area contributed by atoms with Crippen molar-refractivity contribution in [3.8, 4) is 11.3 Å². The van der Waals surface area contributed by atoms with Gasteiger partial charge in [-0.3, -0.25) is 5.10 Å². The molecule has 1 aromatic heterocycles. The van der Waals surface area contributed by atoms with E-state index in [1.54, 1.807) is 0 Å². The van der Waals surface area contributed by atoms with Crippen molar-refractivity contribution < 1.29 is 0 Å². The van der Waals surface area contributed by atoms with Crippen LogP contribution in [0.5, 0.6) is 0 Å². The summed E-state index contributed by atoms with van der Waals surface area (Å²) in [6, 6.07) is 10.4. The molecule has 0 amide bonds.